The fourth-order valence-corrected chi connectivity index (χ4v) is 2.49. The molecule has 8 nitrogen and oxygen atoms in total. The highest BCUT2D eigenvalue weighted by atomic mass is 35.5. The van der Waals surface area contributed by atoms with Crippen LogP contribution >= 0.6 is 23.2 Å². The van der Waals surface area contributed by atoms with Crippen LogP contribution in [0.5, 0.6) is 11.5 Å². The summed E-state index contributed by atoms with van der Waals surface area (Å²) in [5, 5.41) is 16.2. The zero-order valence-electron chi connectivity index (χ0n) is 15.2. The number of hydrogen-bond donors (Lipinski definition) is 0. The fourth-order valence-electron chi connectivity index (χ4n) is 2.06. The molecule has 0 aliphatic rings. The van der Waals surface area contributed by atoms with Gasteiger partial charge in [-0.15, -0.1) is 5.11 Å². The van der Waals surface area contributed by atoms with Gasteiger partial charge in [0.05, 0.1) is 31.6 Å². The molecule has 0 saturated heterocycles. The Bertz CT molecular complexity index is 1080. The van der Waals surface area contributed by atoms with Gasteiger partial charge in [0.15, 0.2) is 5.69 Å². The summed E-state index contributed by atoms with van der Waals surface area (Å²) < 4.78 is 50.6. The van der Waals surface area contributed by atoms with Crippen molar-refractivity contribution in [1.82, 2.24) is 9.55 Å². The predicted octanol–water partition coefficient (Wildman–Crippen LogP) is 4.89. The Morgan fingerprint density at radius 1 is 1.43 bits per heavy atom. The van der Waals surface area contributed by atoms with E-state index in [1.165, 1.54) is 13.2 Å². The third-order valence-corrected chi connectivity index (χ3v) is 3.96. The van der Waals surface area contributed by atoms with E-state index in [1.807, 2.05) is 0 Å². The summed E-state index contributed by atoms with van der Waals surface area (Å²) in [6.45, 7) is 3.10. The molecular formula is C17H12Cl2F3N5O3. The maximum atomic E-state index is 13.4. The minimum Gasteiger partial charge on any atom is -0.480 e. The van der Waals surface area contributed by atoms with Gasteiger partial charge < -0.3 is 9.47 Å². The van der Waals surface area contributed by atoms with Crippen LogP contribution in [-0.2, 0) is 10.9 Å². The Morgan fingerprint density at radius 2 is 2.13 bits per heavy atom. The van der Waals surface area contributed by atoms with Gasteiger partial charge in [-0.05, 0) is 24.8 Å². The lowest BCUT2D eigenvalue weighted by molar-refractivity contribution is -0.142. The van der Waals surface area contributed by atoms with Crippen LogP contribution in [0.4, 0.5) is 13.2 Å². The molecule has 0 saturated carbocycles. The van der Waals surface area contributed by atoms with Gasteiger partial charge >= 0.3 is 6.18 Å². The third-order valence-electron chi connectivity index (χ3n) is 3.40. The van der Waals surface area contributed by atoms with Crippen LogP contribution in [0.3, 0.4) is 0 Å². The standard InChI is InChI=1S/C17H12Cl2F3N5O3/c1-9(29-2)26-25-7-13(19)27-8-24-15(17(20,21)22)14(16(27)28)30-12-4-10(6-23)3-11(18)5-12/h3-5,8,13H,1,7H2,2H3/b26-25-. The van der Waals surface area contributed by atoms with E-state index in [-0.39, 0.29) is 28.8 Å². The summed E-state index contributed by atoms with van der Waals surface area (Å²) in [7, 11) is 1.31. The molecule has 0 bridgehead atoms. The highest BCUT2D eigenvalue weighted by Gasteiger charge is 2.39. The predicted molar refractivity (Wildman–Crippen MR) is 101 cm³/mol. The highest BCUT2D eigenvalue weighted by Crippen LogP contribution is 2.35. The number of nitrogens with zero attached hydrogens (tertiary/aromatic N) is 5. The largest absolute Gasteiger partial charge is 0.480 e. The molecule has 0 spiro atoms. The first-order valence-electron chi connectivity index (χ1n) is 7.88. The van der Waals surface area contributed by atoms with Gasteiger partial charge in [-0.3, -0.25) is 9.36 Å². The average molecular weight is 462 g/mol. The van der Waals surface area contributed by atoms with Gasteiger partial charge in [0.25, 0.3) is 5.56 Å². The molecule has 1 unspecified atom stereocenters. The summed E-state index contributed by atoms with van der Waals surface area (Å²) in [4.78, 5) is 15.9. The number of alkyl halides is 4. The van der Waals surface area contributed by atoms with Crippen molar-refractivity contribution < 1.29 is 22.6 Å². The Labute approximate surface area is 177 Å². The van der Waals surface area contributed by atoms with Gasteiger partial charge in [-0.2, -0.15) is 23.5 Å². The van der Waals surface area contributed by atoms with Crippen LogP contribution in [-0.4, -0.2) is 23.2 Å². The number of nitriles is 1. The second-order valence-corrected chi connectivity index (χ2v) is 6.42. The van der Waals surface area contributed by atoms with Crippen molar-refractivity contribution in [1.29, 1.82) is 5.26 Å². The second-order valence-electron chi connectivity index (χ2n) is 5.48. The molecule has 0 radical (unpaired) electrons. The Morgan fingerprint density at radius 3 is 2.73 bits per heavy atom. The zero-order valence-corrected chi connectivity index (χ0v) is 16.7. The van der Waals surface area contributed by atoms with Crippen molar-refractivity contribution in [2.45, 2.75) is 11.7 Å². The lowest BCUT2D eigenvalue weighted by Crippen LogP contribution is -2.28. The van der Waals surface area contributed by atoms with E-state index in [2.05, 4.69) is 26.5 Å². The van der Waals surface area contributed by atoms with Crippen LogP contribution in [0.1, 0.15) is 16.8 Å². The molecule has 0 aliphatic carbocycles. The fraction of sp³-hybridized carbons (Fsp3) is 0.235. The van der Waals surface area contributed by atoms with Gasteiger partial charge in [-0.1, -0.05) is 23.2 Å². The molecule has 1 atom stereocenters. The molecule has 0 aliphatic heterocycles. The van der Waals surface area contributed by atoms with Crippen LogP contribution < -0.4 is 10.3 Å². The molecule has 2 rings (SSSR count). The van der Waals surface area contributed by atoms with Crippen molar-refractivity contribution in [2.24, 2.45) is 10.2 Å². The van der Waals surface area contributed by atoms with Crippen LogP contribution in [0.15, 0.2) is 52.0 Å². The van der Waals surface area contributed by atoms with Crippen molar-refractivity contribution in [3.05, 3.63) is 63.6 Å². The van der Waals surface area contributed by atoms with Crippen molar-refractivity contribution in [2.75, 3.05) is 13.7 Å². The number of hydrogen-bond acceptors (Lipinski definition) is 7. The Kier molecular flexibility index (Phi) is 7.42. The van der Waals surface area contributed by atoms with E-state index in [1.54, 1.807) is 6.07 Å². The minimum absolute atomic E-state index is 0.0179. The molecule has 1 aromatic heterocycles. The van der Waals surface area contributed by atoms with Crippen molar-refractivity contribution >= 4 is 23.2 Å². The molecule has 1 aromatic carbocycles. The molecule has 0 amide bonds. The molecule has 0 N–H and O–H groups in total. The smallest absolute Gasteiger partial charge is 0.437 e. The maximum Gasteiger partial charge on any atom is 0.437 e. The minimum atomic E-state index is -5.00. The number of halogens is 5. The number of methoxy groups -OCH3 is 1. The van der Waals surface area contributed by atoms with Gasteiger partial charge in [-0.25, -0.2) is 4.98 Å². The topological polar surface area (TPSA) is 102 Å². The van der Waals surface area contributed by atoms with E-state index >= 15 is 0 Å². The number of benzene rings is 1. The lowest BCUT2D eigenvalue weighted by atomic mass is 10.2. The van der Waals surface area contributed by atoms with Gasteiger partial charge in [0.1, 0.15) is 11.3 Å². The Hall–Kier alpha value is -3.10. The van der Waals surface area contributed by atoms with E-state index in [0.717, 1.165) is 12.1 Å². The quantitative estimate of drug-likeness (QED) is 0.331. The van der Waals surface area contributed by atoms with Crippen LogP contribution in [0.2, 0.25) is 5.02 Å². The van der Waals surface area contributed by atoms with Gasteiger partial charge in [0.2, 0.25) is 11.6 Å². The Balaban J connectivity index is 2.49. The first kappa shape index (κ1) is 23.2. The number of ether oxygens (including phenoxy) is 2. The average Bonchev–Trinajstić information content (AvgIpc) is 2.67. The van der Waals surface area contributed by atoms with E-state index in [0.29, 0.717) is 10.9 Å². The van der Waals surface area contributed by atoms with Crippen LogP contribution in [0, 0.1) is 11.3 Å². The summed E-state index contributed by atoms with van der Waals surface area (Å²) in [6.07, 6.45) is -4.38. The lowest BCUT2D eigenvalue weighted by Gasteiger charge is -2.16. The number of aromatic nitrogens is 2. The van der Waals surface area contributed by atoms with E-state index in [4.69, 9.17) is 33.2 Å². The summed E-state index contributed by atoms with van der Waals surface area (Å²) >= 11 is 11.9. The van der Waals surface area contributed by atoms with Crippen molar-refractivity contribution in [3.63, 3.8) is 0 Å². The molecular weight excluding hydrogens is 450 g/mol. The summed E-state index contributed by atoms with van der Waals surface area (Å²) in [5.74, 6) is -1.43. The zero-order chi connectivity index (χ0) is 22.5. The molecule has 2 aromatic rings. The first-order valence-corrected chi connectivity index (χ1v) is 8.69. The summed E-state index contributed by atoms with van der Waals surface area (Å²) in [6, 6.07) is 5.30. The first-order chi connectivity index (χ1) is 14.1. The maximum absolute atomic E-state index is 13.4. The van der Waals surface area contributed by atoms with Crippen LogP contribution in [0.25, 0.3) is 0 Å². The van der Waals surface area contributed by atoms with Gasteiger partial charge in [0, 0.05) is 5.02 Å². The highest BCUT2D eigenvalue weighted by molar-refractivity contribution is 6.30. The molecule has 13 heteroatoms. The van der Waals surface area contributed by atoms with E-state index < -0.39 is 28.7 Å². The SMILES string of the molecule is C=C(/N=N\CC(Cl)n1cnc(C(F)(F)F)c(Oc2cc(Cl)cc(C#N)c2)c1=O)OC. The number of azo groups is 1. The molecule has 158 valence electrons. The van der Waals surface area contributed by atoms with Crippen molar-refractivity contribution in [3.8, 4) is 17.6 Å². The normalized spacial score (nSPS) is 12.4. The third kappa shape index (κ3) is 5.71. The second kappa shape index (κ2) is 9.60. The number of rotatable bonds is 7. The molecule has 1 heterocycles. The monoisotopic (exact) mass is 461 g/mol. The molecule has 30 heavy (non-hydrogen) atoms. The molecule has 0 fully saturated rings. The van der Waals surface area contributed by atoms with E-state index in [9.17, 15) is 18.0 Å². The summed E-state index contributed by atoms with van der Waals surface area (Å²) in [5.41, 5.74) is -4.02.